The molecular weight excluding hydrogens is 306 g/mol. The first kappa shape index (κ1) is 14.7. The average molecular weight is 321 g/mol. The highest BCUT2D eigenvalue weighted by Crippen LogP contribution is 2.19. The lowest BCUT2D eigenvalue weighted by atomic mass is 10.3. The number of aromatic nitrogens is 2. The van der Waals surface area contributed by atoms with E-state index in [0.29, 0.717) is 23.6 Å². The van der Waals surface area contributed by atoms with Crippen molar-refractivity contribution in [2.75, 3.05) is 6.54 Å². The van der Waals surface area contributed by atoms with E-state index in [1.54, 1.807) is 13.8 Å². The van der Waals surface area contributed by atoms with Crippen molar-refractivity contribution >= 4 is 21.1 Å². The van der Waals surface area contributed by atoms with Crippen LogP contribution in [0.2, 0.25) is 0 Å². The standard InChI is InChI=1S/C14H15N3O4S/c1-9-14(10(2)21-17-9)22(18,19)15-8-7-13-16-11-5-3-4-6-12(11)20-13/h3-6,15H,7-8H2,1-2H3. The predicted octanol–water partition coefficient (Wildman–Crippen LogP) is 1.95. The van der Waals surface area contributed by atoms with Gasteiger partial charge in [0.15, 0.2) is 17.2 Å². The zero-order valence-corrected chi connectivity index (χ0v) is 13.0. The number of rotatable bonds is 5. The fourth-order valence-corrected chi connectivity index (χ4v) is 3.61. The van der Waals surface area contributed by atoms with Gasteiger partial charge < -0.3 is 8.94 Å². The SMILES string of the molecule is Cc1noc(C)c1S(=O)(=O)NCCc1nc2ccccc2o1. The van der Waals surface area contributed by atoms with E-state index in [-0.39, 0.29) is 17.2 Å². The van der Waals surface area contributed by atoms with Crippen LogP contribution >= 0.6 is 0 Å². The summed E-state index contributed by atoms with van der Waals surface area (Å²) in [7, 11) is -3.65. The number of aryl methyl sites for hydroxylation is 2. The van der Waals surface area contributed by atoms with Crippen molar-refractivity contribution in [1.82, 2.24) is 14.9 Å². The number of hydrogen-bond acceptors (Lipinski definition) is 6. The molecule has 0 bridgehead atoms. The van der Waals surface area contributed by atoms with Gasteiger partial charge >= 0.3 is 0 Å². The maximum Gasteiger partial charge on any atom is 0.245 e. The first-order valence-electron chi connectivity index (χ1n) is 6.74. The minimum Gasteiger partial charge on any atom is -0.441 e. The Morgan fingerprint density at radius 3 is 2.68 bits per heavy atom. The van der Waals surface area contributed by atoms with Crippen LogP contribution in [-0.2, 0) is 16.4 Å². The van der Waals surface area contributed by atoms with Crippen LogP contribution in [-0.4, -0.2) is 25.1 Å². The van der Waals surface area contributed by atoms with Crippen LogP contribution in [0.3, 0.4) is 0 Å². The lowest BCUT2D eigenvalue weighted by Gasteiger charge is -2.04. The highest BCUT2D eigenvalue weighted by molar-refractivity contribution is 7.89. The van der Waals surface area contributed by atoms with E-state index in [1.807, 2.05) is 24.3 Å². The molecule has 3 rings (SSSR count). The number of nitrogens with one attached hydrogen (secondary N) is 1. The summed E-state index contributed by atoms with van der Waals surface area (Å²) in [6, 6.07) is 7.39. The van der Waals surface area contributed by atoms with Crippen molar-refractivity contribution < 1.29 is 17.4 Å². The molecule has 2 aromatic heterocycles. The second kappa shape index (κ2) is 5.54. The third kappa shape index (κ3) is 2.75. The molecule has 0 unspecified atom stereocenters. The number of oxazole rings is 1. The van der Waals surface area contributed by atoms with Gasteiger partial charge in [-0.25, -0.2) is 18.1 Å². The molecular formula is C14H15N3O4S. The molecule has 0 amide bonds. The molecule has 116 valence electrons. The van der Waals surface area contributed by atoms with Crippen LogP contribution in [0, 0.1) is 13.8 Å². The monoisotopic (exact) mass is 321 g/mol. The van der Waals surface area contributed by atoms with E-state index in [4.69, 9.17) is 8.94 Å². The van der Waals surface area contributed by atoms with E-state index in [1.165, 1.54) is 0 Å². The molecule has 7 nitrogen and oxygen atoms in total. The van der Waals surface area contributed by atoms with E-state index in [2.05, 4.69) is 14.9 Å². The minimum atomic E-state index is -3.65. The van der Waals surface area contributed by atoms with E-state index >= 15 is 0 Å². The molecule has 8 heteroatoms. The Hall–Kier alpha value is -2.19. The summed E-state index contributed by atoms with van der Waals surface area (Å²) < 4.78 is 37.4. The van der Waals surface area contributed by atoms with Gasteiger partial charge in [-0.3, -0.25) is 0 Å². The highest BCUT2D eigenvalue weighted by atomic mass is 32.2. The molecule has 0 radical (unpaired) electrons. The topological polar surface area (TPSA) is 98.2 Å². The van der Waals surface area contributed by atoms with Crippen LogP contribution in [0.5, 0.6) is 0 Å². The van der Waals surface area contributed by atoms with E-state index < -0.39 is 10.0 Å². The number of hydrogen-bond donors (Lipinski definition) is 1. The lowest BCUT2D eigenvalue weighted by molar-refractivity contribution is 0.390. The molecule has 0 spiro atoms. The summed E-state index contributed by atoms with van der Waals surface area (Å²) in [6.45, 7) is 3.33. The van der Waals surface area contributed by atoms with Gasteiger partial charge in [0.2, 0.25) is 10.0 Å². The zero-order valence-electron chi connectivity index (χ0n) is 12.2. The first-order valence-corrected chi connectivity index (χ1v) is 8.22. The summed E-state index contributed by atoms with van der Waals surface area (Å²) >= 11 is 0. The molecule has 0 fully saturated rings. The summed E-state index contributed by atoms with van der Waals surface area (Å²) in [4.78, 5) is 4.39. The van der Waals surface area contributed by atoms with Crippen molar-refractivity contribution in [1.29, 1.82) is 0 Å². The van der Waals surface area contributed by atoms with Crippen LogP contribution in [0.15, 0.2) is 38.1 Å². The number of nitrogens with zero attached hydrogens (tertiary/aromatic N) is 2. The Labute approximate surface area is 127 Å². The molecule has 1 N–H and O–H groups in total. The quantitative estimate of drug-likeness (QED) is 0.771. The minimum absolute atomic E-state index is 0.0880. The van der Waals surface area contributed by atoms with Gasteiger partial charge in [0.05, 0.1) is 0 Å². The molecule has 0 aliphatic heterocycles. The van der Waals surface area contributed by atoms with Gasteiger partial charge in [-0.15, -0.1) is 0 Å². The Kier molecular flexibility index (Phi) is 3.71. The van der Waals surface area contributed by atoms with Crippen LogP contribution in [0.4, 0.5) is 0 Å². The molecule has 0 aliphatic carbocycles. The van der Waals surface area contributed by atoms with Crippen molar-refractivity contribution in [3.63, 3.8) is 0 Å². The number of benzene rings is 1. The molecule has 0 atom stereocenters. The van der Waals surface area contributed by atoms with Gasteiger partial charge in [-0.05, 0) is 26.0 Å². The van der Waals surface area contributed by atoms with Gasteiger partial charge in [-0.2, -0.15) is 0 Å². The second-order valence-corrected chi connectivity index (χ2v) is 6.58. The average Bonchev–Trinajstić information content (AvgIpc) is 3.01. The molecule has 22 heavy (non-hydrogen) atoms. The zero-order chi connectivity index (χ0) is 15.7. The number of fused-ring (bicyclic) bond motifs is 1. The van der Waals surface area contributed by atoms with Gasteiger partial charge in [-0.1, -0.05) is 17.3 Å². The largest absolute Gasteiger partial charge is 0.441 e. The predicted molar refractivity (Wildman–Crippen MR) is 78.9 cm³/mol. The van der Waals surface area contributed by atoms with E-state index in [0.717, 1.165) is 5.52 Å². The summed E-state index contributed by atoms with van der Waals surface area (Å²) in [5.74, 6) is 0.759. The third-order valence-corrected chi connectivity index (χ3v) is 4.91. The molecule has 0 aliphatic rings. The van der Waals surface area contributed by atoms with E-state index in [9.17, 15) is 8.42 Å². The number of sulfonamides is 1. The maximum atomic E-state index is 12.2. The van der Waals surface area contributed by atoms with Gasteiger partial charge in [0.25, 0.3) is 0 Å². The third-order valence-electron chi connectivity index (χ3n) is 3.21. The highest BCUT2D eigenvalue weighted by Gasteiger charge is 2.23. The lowest BCUT2D eigenvalue weighted by Crippen LogP contribution is -2.26. The Balaban J connectivity index is 1.70. The normalized spacial score (nSPS) is 12.1. The molecule has 0 saturated heterocycles. The van der Waals surface area contributed by atoms with Crippen molar-refractivity contribution in [3.8, 4) is 0 Å². The number of para-hydroxylation sites is 2. The fraction of sp³-hybridized carbons (Fsp3) is 0.286. The van der Waals surface area contributed by atoms with Crippen LogP contribution < -0.4 is 4.72 Å². The van der Waals surface area contributed by atoms with Gasteiger partial charge in [0.1, 0.15) is 16.1 Å². The van der Waals surface area contributed by atoms with Crippen LogP contribution in [0.1, 0.15) is 17.3 Å². The second-order valence-electron chi connectivity index (χ2n) is 4.88. The van der Waals surface area contributed by atoms with Crippen molar-refractivity contribution in [2.45, 2.75) is 25.2 Å². The van der Waals surface area contributed by atoms with Crippen molar-refractivity contribution in [2.24, 2.45) is 0 Å². The molecule has 0 saturated carbocycles. The smallest absolute Gasteiger partial charge is 0.245 e. The van der Waals surface area contributed by atoms with Gasteiger partial charge in [0, 0.05) is 13.0 Å². The summed E-state index contributed by atoms with van der Waals surface area (Å²) in [6.07, 6.45) is 0.358. The molecule has 1 aromatic carbocycles. The molecule has 2 heterocycles. The fourth-order valence-electron chi connectivity index (χ4n) is 2.25. The Bertz CT molecular complexity index is 859. The Morgan fingerprint density at radius 1 is 1.23 bits per heavy atom. The first-order chi connectivity index (χ1) is 10.5. The summed E-state index contributed by atoms with van der Waals surface area (Å²) in [5.41, 5.74) is 1.78. The maximum absolute atomic E-state index is 12.2. The Morgan fingerprint density at radius 2 is 2.00 bits per heavy atom. The van der Waals surface area contributed by atoms with Crippen LogP contribution in [0.25, 0.3) is 11.1 Å². The van der Waals surface area contributed by atoms with Crippen molar-refractivity contribution in [3.05, 3.63) is 41.6 Å². The summed E-state index contributed by atoms with van der Waals surface area (Å²) in [5, 5.41) is 3.65. The molecule has 3 aromatic rings.